The second-order valence-electron chi connectivity index (χ2n) is 4.63. The molecule has 1 fully saturated rings. The number of nitrogens with one attached hydrogen (secondary N) is 1. The van der Waals surface area contributed by atoms with Gasteiger partial charge in [0.15, 0.2) is 0 Å². The highest BCUT2D eigenvalue weighted by molar-refractivity contribution is 9.10. The van der Waals surface area contributed by atoms with Crippen LogP contribution in [-0.4, -0.2) is 18.9 Å². The van der Waals surface area contributed by atoms with E-state index in [2.05, 4.69) is 27.9 Å². The Morgan fingerprint density at radius 3 is 2.59 bits per heavy atom. The monoisotopic (exact) mass is 295 g/mol. The first kappa shape index (κ1) is 12.4. The Kier molecular flexibility index (Phi) is 3.72. The van der Waals surface area contributed by atoms with Gasteiger partial charge in [0.1, 0.15) is 5.84 Å². The van der Waals surface area contributed by atoms with Crippen LogP contribution < -0.4 is 10.6 Å². The van der Waals surface area contributed by atoms with Crippen molar-refractivity contribution in [1.82, 2.24) is 0 Å². The first-order chi connectivity index (χ1) is 8.09. The minimum Gasteiger partial charge on any atom is -0.384 e. The molecule has 0 spiro atoms. The van der Waals surface area contributed by atoms with Gasteiger partial charge >= 0.3 is 0 Å². The molecule has 2 rings (SSSR count). The maximum absolute atomic E-state index is 7.42. The number of benzene rings is 1. The summed E-state index contributed by atoms with van der Waals surface area (Å²) in [5, 5.41) is 7.42. The van der Waals surface area contributed by atoms with E-state index in [9.17, 15) is 0 Å². The lowest BCUT2D eigenvalue weighted by Gasteiger charge is -2.27. The average molecular weight is 296 g/mol. The number of halogens is 1. The van der Waals surface area contributed by atoms with Gasteiger partial charge in [-0.1, -0.05) is 12.8 Å². The van der Waals surface area contributed by atoms with Gasteiger partial charge in [-0.15, -0.1) is 0 Å². The maximum atomic E-state index is 7.42. The van der Waals surface area contributed by atoms with Gasteiger partial charge in [-0.2, -0.15) is 0 Å². The van der Waals surface area contributed by atoms with Crippen molar-refractivity contribution in [2.24, 2.45) is 5.73 Å². The van der Waals surface area contributed by atoms with Crippen LogP contribution in [0.15, 0.2) is 22.7 Å². The predicted octanol–water partition coefficient (Wildman–Crippen LogP) is 3.11. The fraction of sp³-hybridized carbons (Fsp3) is 0.462. The van der Waals surface area contributed by atoms with E-state index in [1.807, 2.05) is 18.2 Å². The smallest absolute Gasteiger partial charge is 0.122 e. The van der Waals surface area contributed by atoms with E-state index in [4.69, 9.17) is 11.1 Å². The summed E-state index contributed by atoms with van der Waals surface area (Å²) in [5.41, 5.74) is 7.43. The minimum absolute atomic E-state index is 0.112. The van der Waals surface area contributed by atoms with Crippen LogP contribution >= 0.6 is 15.9 Å². The molecule has 1 aliphatic carbocycles. The highest BCUT2D eigenvalue weighted by atomic mass is 79.9. The molecule has 3 nitrogen and oxygen atoms in total. The summed E-state index contributed by atoms with van der Waals surface area (Å²) in [4.78, 5) is 2.33. The third kappa shape index (κ3) is 2.63. The second kappa shape index (κ2) is 5.08. The van der Waals surface area contributed by atoms with Crippen LogP contribution in [0.5, 0.6) is 0 Å². The van der Waals surface area contributed by atoms with Crippen molar-refractivity contribution < 1.29 is 0 Å². The molecule has 1 aromatic rings. The molecule has 1 aliphatic rings. The average Bonchev–Trinajstić information content (AvgIpc) is 2.81. The van der Waals surface area contributed by atoms with Crippen molar-refractivity contribution >= 4 is 27.5 Å². The first-order valence-electron chi connectivity index (χ1n) is 5.96. The van der Waals surface area contributed by atoms with E-state index in [0.717, 1.165) is 10.0 Å². The molecule has 0 atom stereocenters. The summed E-state index contributed by atoms with van der Waals surface area (Å²) < 4.78 is 1.01. The number of nitrogens with zero attached hydrogens (tertiary/aromatic N) is 1. The highest BCUT2D eigenvalue weighted by Crippen LogP contribution is 2.32. The molecule has 0 bridgehead atoms. The molecule has 17 heavy (non-hydrogen) atoms. The highest BCUT2D eigenvalue weighted by Gasteiger charge is 2.21. The zero-order valence-corrected chi connectivity index (χ0v) is 11.6. The quantitative estimate of drug-likeness (QED) is 0.665. The molecule has 0 aliphatic heterocycles. The number of nitrogens with two attached hydrogens (primary N) is 1. The van der Waals surface area contributed by atoms with Gasteiger partial charge in [0.25, 0.3) is 0 Å². The third-order valence-corrected chi connectivity index (χ3v) is 4.15. The molecular weight excluding hydrogens is 278 g/mol. The molecule has 1 aromatic carbocycles. The van der Waals surface area contributed by atoms with Crippen molar-refractivity contribution in [2.45, 2.75) is 31.7 Å². The van der Waals surface area contributed by atoms with Gasteiger partial charge in [-0.25, -0.2) is 0 Å². The number of amidine groups is 1. The Morgan fingerprint density at radius 1 is 1.41 bits per heavy atom. The Morgan fingerprint density at radius 2 is 2.06 bits per heavy atom. The van der Waals surface area contributed by atoms with E-state index < -0.39 is 0 Å². The van der Waals surface area contributed by atoms with Crippen LogP contribution in [0.4, 0.5) is 5.69 Å². The van der Waals surface area contributed by atoms with Crippen LogP contribution in [0.1, 0.15) is 31.2 Å². The third-order valence-electron chi connectivity index (χ3n) is 3.51. The predicted molar refractivity (Wildman–Crippen MR) is 75.8 cm³/mol. The molecule has 1 saturated carbocycles. The minimum atomic E-state index is 0.112. The fourth-order valence-electron chi connectivity index (χ4n) is 2.45. The van der Waals surface area contributed by atoms with Crippen molar-refractivity contribution in [1.29, 1.82) is 5.41 Å². The van der Waals surface area contributed by atoms with Crippen LogP contribution in [0, 0.1) is 5.41 Å². The van der Waals surface area contributed by atoms with Crippen molar-refractivity contribution in [3.63, 3.8) is 0 Å². The summed E-state index contributed by atoms with van der Waals surface area (Å²) in [7, 11) is 2.14. The largest absolute Gasteiger partial charge is 0.384 e. The van der Waals surface area contributed by atoms with Gasteiger partial charge in [0.05, 0.1) is 5.69 Å². The SMILES string of the molecule is CN(c1ccc(C(=N)N)cc1Br)C1CCCC1. The number of hydrogen-bond acceptors (Lipinski definition) is 2. The number of nitrogen functional groups attached to an aromatic ring is 1. The van der Waals surface area contributed by atoms with E-state index in [-0.39, 0.29) is 5.84 Å². The molecule has 4 heteroatoms. The van der Waals surface area contributed by atoms with Crippen molar-refractivity contribution in [2.75, 3.05) is 11.9 Å². The van der Waals surface area contributed by atoms with E-state index in [1.54, 1.807) is 0 Å². The lowest BCUT2D eigenvalue weighted by atomic mass is 10.1. The van der Waals surface area contributed by atoms with E-state index in [1.165, 1.54) is 31.4 Å². The number of hydrogen-bond donors (Lipinski definition) is 2. The summed E-state index contributed by atoms with van der Waals surface area (Å²) in [6.45, 7) is 0. The number of anilines is 1. The normalized spacial score (nSPS) is 16.1. The number of rotatable bonds is 3. The summed E-state index contributed by atoms with van der Waals surface area (Å²) >= 11 is 3.57. The Bertz CT molecular complexity index is 425. The molecular formula is C13H18BrN3. The zero-order chi connectivity index (χ0) is 12.4. The van der Waals surface area contributed by atoms with Crippen LogP contribution in [-0.2, 0) is 0 Å². The van der Waals surface area contributed by atoms with Crippen LogP contribution in [0.2, 0.25) is 0 Å². The van der Waals surface area contributed by atoms with E-state index >= 15 is 0 Å². The molecule has 92 valence electrons. The van der Waals surface area contributed by atoms with Gasteiger partial charge in [-0.05, 0) is 47.0 Å². The first-order valence-corrected chi connectivity index (χ1v) is 6.75. The summed E-state index contributed by atoms with van der Waals surface area (Å²) in [5.74, 6) is 0.112. The molecule has 0 saturated heterocycles. The van der Waals surface area contributed by atoms with Gasteiger partial charge in [-0.3, -0.25) is 5.41 Å². The van der Waals surface area contributed by atoms with Gasteiger partial charge in [0.2, 0.25) is 0 Å². The standard InChI is InChI=1S/C13H18BrN3/c1-17(10-4-2-3-5-10)12-7-6-9(13(15)16)8-11(12)14/h6-8,10H,2-5H2,1H3,(H3,15,16). The van der Waals surface area contributed by atoms with Crippen molar-refractivity contribution in [3.8, 4) is 0 Å². The lowest BCUT2D eigenvalue weighted by molar-refractivity contribution is 0.652. The van der Waals surface area contributed by atoms with Crippen molar-refractivity contribution in [3.05, 3.63) is 28.2 Å². The fourth-order valence-corrected chi connectivity index (χ4v) is 3.11. The van der Waals surface area contributed by atoms with Gasteiger partial charge < -0.3 is 10.6 Å². The maximum Gasteiger partial charge on any atom is 0.122 e. The topological polar surface area (TPSA) is 53.1 Å². The molecule has 0 aromatic heterocycles. The molecule has 0 heterocycles. The molecule has 0 radical (unpaired) electrons. The molecule has 0 unspecified atom stereocenters. The molecule has 3 N–H and O–H groups in total. The van der Waals surface area contributed by atoms with Crippen LogP contribution in [0.3, 0.4) is 0 Å². The summed E-state index contributed by atoms with van der Waals surface area (Å²) in [6, 6.07) is 6.52. The molecule has 0 amide bonds. The van der Waals surface area contributed by atoms with E-state index in [0.29, 0.717) is 6.04 Å². The summed E-state index contributed by atoms with van der Waals surface area (Å²) in [6.07, 6.45) is 5.21. The lowest BCUT2D eigenvalue weighted by Crippen LogP contribution is -2.29. The zero-order valence-electron chi connectivity index (χ0n) is 10.0. The Balaban J connectivity index is 2.23. The second-order valence-corrected chi connectivity index (χ2v) is 5.48. The Labute approximate surface area is 111 Å². The van der Waals surface area contributed by atoms with Crippen LogP contribution in [0.25, 0.3) is 0 Å². The van der Waals surface area contributed by atoms with Gasteiger partial charge in [0, 0.05) is 23.1 Å². The Hall–Kier alpha value is -1.03.